The fourth-order valence-electron chi connectivity index (χ4n) is 2.17. The second-order valence-corrected chi connectivity index (χ2v) is 4.81. The highest BCUT2D eigenvalue weighted by molar-refractivity contribution is 5.85. The summed E-state index contributed by atoms with van der Waals surface area (Å²) in [6.07, 6.45) is 1.20. The molecule has 0 heterocycles. The van der Waals surface area contributed by atoms with E-state index in [2.05, 4.69) is 68.3 Å². The lowest BCUT2D eigenvalue weighted by Crippen LogP contribution is -2.27. The van der Waals surface area contributed by atoms with Gasteiger partial charge in [0.25, 0.3) is 0 Å². The van der Waals surface area contributed by atoms with Crippen LogP contribution in [0.2, 0.25) is 0 Å². The Bertz CT molecular complexity index is 484. The van der Waals surface area contributed by atoms with Gasteiger partial charge in [-0.05, 0) is 36.7 Å². The van der Waals surface area contributed by atoms with E-state index in [0.717, 1.165) is 6.54 Å². The molecule has 0 saturated carbocycles. The van der Waals surface area contributed by atoms with E-state index < -0.39 is 0 Å². The molecule has 0 aromatic heterocycles. The van der Waals surface area contributed by atoms with Crippen LogP contribution in [0.1, 0.15) is 25.8 Å². The van der Waals surface area contributed by atoms with Crippen LogP contribution in [0.15, 0.2) is 42.5 Å². The molecule has 2 aromatic carbocycles. The molecule has 1 unspecified atom stereocenters. The Morgan fingerprint density at radius 3 is 2.53 bits per heavy atom. The first-order valence-corrected chi connectivity index (χ1v) is 6.39. The van der Waals surface area contributed by atoms with Crippen LogP contribution in [0.4, 0.5) is 0 Å². The smallest absolute Gasteiger partial charge is 0.0239 e. The minimum atomic E-state index is 0.633. The van der Waals surface area contributed by atoms with Crippen molar-refractivity contribution >= 4 is 10.8 Å². The monoisotopic (exact) mass is 227 g/mol. The van der Waals surface area contributed by atoms with Crippen molar-refractivity contribution in [3.05, 3.63) is 48.0 Å². The van der Waals surface area contributed by atoms with Gasteiger partial charge in [0.05, 0.1) is 0 Å². The van der Waals surface area contributed by atoms with Gasteiger partial charge in [0.15, 0.2) is 0 Å². The summed E-state index contributed by atoms with van der Waals surface area (Å²) in [7, 11) is 2.20. The van der Waals surface area contributed by atoms with Gasteiger partial charge in [-0.25, -0.2) is 0 Å². The Kier molecular flexibility index (Phi) is 3.80. The zero-order valence-corrected chi connectivity index (χ0v) is 11.0. The third-order valence-electron chi connectivity index (χ3n) is 3.64. The summed E-state index contributed by atoms with van der Waals surface area (Å²) < 4.78 is 0. The van der Waals surface area contributed by atoms with Crippen LogP contribution < -0.4 is 0 Å². The number of hydrogen-bond donors (Lipinski definition) is 0. The molecule has 0 aliphatic heterocycles. The number of rotatable bonds is 4. The maximum atomic E-state index is 2.42. The van der Waals surface area contributed by atoms with Crippen molar-refractivity contribution in [3.63, 3.8) is 0 Å². The first-order valence-electron chi connectivity index (χ1n) is 6.39. The van der Waals surface area contributed by atoms with Gasteiger partial charge in [-0.1, -0.05) is 49.4 Å². The Balaban J connectivity index is 2.30. The molecule has 2 rings (SSSR count). The molecule has 0 fully saturated rings. The number of hydrogen-bond acceptors (Lipinski definition) is 1. The van der Waals surface area contributed by atoms with Gasteiger partial charge in [0, 0.05) is 12.6 Å². The van der Waals surface area contributed by atoms with Crippen molar-refractivity contribution in [2.75, 3.05) is 7.05 Å². The van der Waals surface area contributed by atoms with Crippen molar-refractivity contribution in [1.29, 1.82) is 0 Å². The second-order valence-electron chi connectivity index (χ2n) is 4.81. The lowest BCUT2D eigenvalue weighted by Gasteiger charge is -2.24. The summed E-state index contributed by atoms with van der Waals surface area (Å²) in [5, 5.41) is 2.72. The van der Waals surface area contributed by atoms with E-state index in [1.165, 1.54) is 22.8 Å². The molecule has 0 bridgehead atoms. The zero-order valence-electron chi connectivity index (χ0n) is 11.0. The average molecular weight is 227 g/mol. The Labute approximate surface area is 104 Å². The van der Waals surface area contributed by atoms with Crippen molar-refractivity contribution in [2.45, 2.75) is 32.9 Å². The van der Waals surface area contributed by atoms with E-state index in [-0.39, 0.29) is 0 Å². The Morgan fingerprint density at radius 2 is 1.76 bits per heavy atom. The van der Waals surface area contributed by atoms with E-state index in [0.29, 0.717) is 6.04 Å². The van der Waals surface area contributed by atoms with Gasteiger partial charge in [-0.2, -0.15) is 0 Å². The first kappa shape index (κ1) is 12.1. The Morgan fingerprint density at radius 1 is 1.06 bits per heavy atom. The Hall–Kier alpha value is -1.34. The number of nitrogens with zero attached hydrogens (tertiary/aromatic N) is 1. The van der Waals surface area contributed by atoms with E-state index >= 15 is 0 Å². The van der Waals surface area contributed by atoms with Gasteiger partial charge < -0.3 is 0 Å². The SMILES string of the molecule is CCC(C)N(C)Cc1cccc2ccccc12. The zero-order chi connectivity index (χ0) is 12.3. The summed E-state index contributed by atoms with van der Waals surface area (Å²) >= 11 is 0. The van der Waals surface area contributed by atoms with Gasteiger partial charge in [-0.15, -0.1) is 0 Å². The van der Waals surface area contributed by atoms with Crippen molar-refractivity contribution in [3.8, 4) is 0 Å². The maximum Gasteiger partial charge on any atom is 0.0239 e. The van der Waals surface area contributed by atoms with E-state index in [1.54, 1.807) is 0 Å². The van der Waals surface area contributed by atoms with Crippen LogP contribution in [0.25, 0.3) is 10.8 Å². The van der Waals surface area contributed by atoms with Crippen LogP contribution in [0.5, 0.6) is 0 Å². The van der Waals surface area contributed by atoms with Crippen LogP contribution in [0, 0.1) is 0 Å². The highest BCUT2D eigenvalue weighted by atomic mass is 15.1. The topological polar surface area (TPSA) is 3.24 Å². The van der Waals surface area contributed by atoms with E-state index in [9.17, 15) is 0 Å². The van der Waals surface area contributed by atoms with Gasteiger partial charge in [0.2, 0.25) is 0 Å². The molecule has 17 heavy (non-hydrogen) atoms. The third kappa shape index (κ3) is 2.67. The lowest BCUT2D eigenvalue weighted by molar-refractivity contribution is 0.244. The summed E-state index contributed by atoms with van der Waals surface area (Å²) in [4.78, 5) is 2.42. The quantitative estimate of drug-likeness (QED) is 0.761. The molecule has 1 heteroatoms. The van der Waals surface area contributed by atoms with Crippen LogP contribution in [-0.2, 0) is 6.54 Å². The van der Waals surface area contributed by atoms with Crippen LogP contribution >= 0.6 is 0 Å². The average Bonchev–Trinajstić information content (AvgIpc) is 2.38. The molecule has 0 aliphatic carbocycles. The normalized spacial score (nSPS) is 13.2. The summed E-state index contributed by atoms with van der Waals surface area (Å²) in [6, 6.07) is 15.8. The van der Waals surface area contributed by atoms with E-state index in [4.69, 9.17) is 0 Å². The summed E-state index contributed by atoms with van der Waals surface area (Å²) in [5.41, 5.74) is 1.42. The number of fused-ring (bicyclic) bond motifs is 1. The second kappa shape index (κ2) is 5.33. The predicted octanol–water partition coefficient (Wildman–Crippen LogP) is 4.07. The molecule has 0 aliphatic rings. The van der Waals surface area contributed by atoms with Gasteiger partial charge >= 0.3 is 0 Å². The molecular weight excluding hydrogens is 206 g/mol. The molecule has 90 valence electrons. The van der Waals surface area contributed by atoms with Crippen LogP contribution in [0.3, 0.4) is 0 Å². The highest BCUT2D eigenvalue weighted by Crippen LogP contribution is 2.20. The summed E-state index contributed by atoms with van der Waals surface area (Å²) in [6.45, 7) is 5.55. The van der Waals surface area contributed by atoms with Crippen LogP contribution in [-0.4, -0.2) is 18.0 Å². The number of benzene rings is 2. The van der Waals surface area contributed by atoms with Gasteiger partial charge in [-0.3, -0.25) is 4.90 Å². The van der Waals surface area contributed by atoms with Crippen molar-refractivity contribution in [1.82, 2.24) is 4.90 Å². The third-order valence-corrected chi connectivity index (χ3v) is 3.64. The molecule has 1 atom stereocenters. The molecular formula is C16H21N. The largest absolute Gasteiger partial charge is 0.299 e. The van der Waals surface area contributed by atoms with Gasteiger partial charge in [0.1, 0.15) is 0 Å². The van der Waals surface area contributed by atoms with E-state index in [1.807, 2.05) is 0 Å². The van der Waals surface area contributed by atoms with Crippen molar-refractivity contribution < 1.29 is 0 Å². The molecule has 0 saturated heterocycles. The molecule has 0 N–H and O–H groups in total. The fraction of sp³-hybridized carbons (Fsp3) is 0.375. The lowest BCUT2D eigenvalue weighted by atomic mass is 10.0. The molecule has 0 spiro atoms. The molecule has 1 nitrogen and oxygen atoms in total. The maximum absolute atomic E-state index is 2.42. The molecule has 2 aromatic rings. The molecule has 0 radical (unpaired) electrons. The van der Waals surface area contributed by atoms with Crippen molar-refractivity contribution in [2.24, 2.45) is 0 Å². The minimum Gasteiger partial charge on any atom is -0.299 e. The summed E-state index contributed by atoms with van der Waals surface area (Å²) in [5.74, 6) is 0. The molecule has 0 amide bonds. The first-order chi connectivity index (χ1) is 8.22. The fourth-order valence-corrected chi connectivity index (χ4v) is 2.17. The predicted molar refractivity (Wildman–Crippen MR) is 75.2 cm³/mol. The highest BCUT2D eigenvalue weighted by Gasteiger charge is 2.08. The standard InChI is InChI=1S/C16H21N/c1-4-13(2)17(3)12-15-10-7-9-14-8-5-6-11-16(14)15/h5-11,13H,4,12H2,1-3H3. The minimum absolute atomic E-state index is 0.633.